The number of morpholine rings is 1. The minimum absolute atomic E-state index is 0.0103. The van der Waals surface area contributed by atoms with Crippen molar-refractivity contribution >= 4 is 11.9 Å². The first-order valence-electron chi connectivity index (χ1n) is 7.27. The van der Waals surface area contributed by atoms with E-state index < -0.39 is 12.1 Å². The maximum atomic E-state index is 12.6. The number of ether oxygens (including phenoxy) is 2. The second-order valence-corrected chi connectivity index (χ2v) is 5.37. The Kier molecular flexibility index (Phi) is 5.38. The summed E-state index contributed by atoms with van der Waals surface area (Å²) in [5.74, 6) is -0.461. The van der Waals surface area contributed by atoms with Crippen molar-refractivity contribution < 1.29 is 24.2 Å². The Morgan fingerprint density at radius 2 is 2.09 bits per heavy atom. The summed E-state index contributed by atoms with van der Waals surface area (Å²) in [6.07, 6.45) is -0.515. The molecule has 2 rings (SSSR count). The molecule has 22 heavy (non-hydrogen) atoms. The van der Waals surface area contributed by atoms with E-state index in [1.54, 1.807) is 12.0 Å². The minimum atomic E-state index is -0.914. The predicted octanol–water partition coefficient (Wildman–Crippen LogP) is 1.50. The van der Waals surface area contributed by atoms with E-state index in [1.807, 2.05) is 31.2 Å². The molecule has 0 aliphatic carbocycles. The fourth-order valence-electron chi connectivity index (χ4n) is 2.55. The molecule has 1 amide bonds. The number of carbonyl (C=O) groups excluding carboxylic acids is 1. The summed E-state index contributed by atoms with van der Waals surface area (Å²) in [4.78, 5) is 25.0. The minimum Gasteiger partial charge on any atom is -0.497 e. The fraction of sp³-hybridized carbons (Fsp3) is 0.500. The molecule has 1 fully saturated rings. The number of aliphatic carboxylic acids is 1. The summed E-state index contributed by atoms with van der Waals surface area (Å²) in [6, 6.07) is 7.39. The van der Waals surface area contributed by atoms with Crippen LogP contribution in [0.25, 0.3) is 0 Å². The maximum Gasteiger partial charge on any atom is 0.306 e. The molecule has 1 aromatic rings. The molecule has 1 saturated heterocycles. The van der Waals surface area contributed by atoms with Crippen molar-refractivity contribution in [3.63, 3.8) is 0 Å². The molecule has 1 N–H and O–H groups in total. The molecule has 0 bridgehead atoms. The van der Waals surface area contributed by atoms with Crippen molar-refractivity contribution in [1.29, 1.82) is 0 Å². The van der Waals surface area contributed by atoms with Gasteiger partial charge in [-0.1, -0.05) is 12.1 Å². The Morgan fingerprint density at radius 1 is 1.41 bits per heavy atom. The van der Waals surface area contributed by atoms with Crippen molar-refractivity contribution in [2.24, 2.45) is 0 Å². The number of hydrogen-bond donors (Lipinski definition) is 1. The number of carboxylic acid groups (broad SMARTS) is 1. The third-order valence-corrected chi connectivity index (χ3v) is 3.84. The normalized spacial score (nSPS) is 19.5. The fourth-order valence-corrected chi connectivity index (χ4v) is 2.55. The summed E-state index contributed by atoms with van der Waals surface area (Å²) in [5, 5.41) is 8.83. The van der Waals surface area contributed by atoms with Crippen LogP contribution < -0.4 is 4.74 Å². The van der Waals surface area contributed by atoms with Gasteiger partial charge in [0.05, 0.1) is 32.2 Å². The third kappa shape index (κ3) is 3.98. The number of benzene rings is 1. The van der Waals surface area contributed by atoms with E-state index in [4.69, 9.17) is 14.6 Å². The number of hydrogen-bond acceptors (Lipinski definition) is 4. The van der Waals surface area contributed by atoms with Gasteiger partial charge in [-0.2, -0.15) is 0 Å². The van der Waals surface area contributed by atoms with E-state index in [-0.39, 0.29) is 18.2 Å². The molecule has 2 atom stereocenters. The largest absolute Gasteiger partial charge is 0.497 e. The van der Waals surface area contributed by atoms with Crippen molar-refractivity contribution in [1.82, 2.24) is 4.90 Å². The quantitative estimate of drug-likeness (QED) is 0.892. The molecule has 1 heterocycles. The Morgan fingerprint density at radius 3 is 2.68 bits per heavy atom. The lowest BCUT2D eigenvalue weighted by molar-refractivity contribution is -0.148. The van der Waals surface area contributed by atoms with Crippen LogP contribution >= 0.6 is 0 Å². The first-order valence-corrected chi connectivity index (χ1v) is 7.27. The van der Waals surface area contributed by atoms with Gasteiger partial charge in [-0.05, 0) is 24.6 Å². The Bertz CT molecular complexity index is 528. The van der Waals surface area contributed by atoms with Crippen LogP contribution in [0, 0.1) is 0 Å². The van der Waals surface area contributed by atoms with Crippen LogP contribution in [0.1, 0.15) is 24.8 Å². The Balaban J connectivity index is 2.01. The van der Waals surface area contributed by atoms with Gasteiger partial charge in [-0.3, -0.25) is 9.59 Å². The molecule has 120 valence electrons. The average Bonchev–Trinajstić information content (AvgIpc) is 2.53. The van der Waals surface area contributed by atoms with Gasteiger partial charge in [0.15, 0.2) is 0 Å². The molecular weight excluding hydrogens is 286 g/mol. The summed E-state index contributed by atoms with van der Waals surface area (Å²) in [7, 11) is 1.60. The Hall–Kier alpha value is -2.08. The van der Waals surface area contributed by atoms with Crippen LogP contribution in [-0.4, -0.2) is 54.8 Å². The number of amides is 1. The third-order valence-electron chi connectivity index (χ3n) is 3.84. The molecule has 0 saturated carbocycles. The smallest absolute Gasteiger partial charge is 0.306 e. The highest BCUT2D eigenvalue weighted by atomic mass is 16.5. The molecule has 0 radical (unpaired) electrons. The van der Waals surface area contributed by atoms with Gasteiger partial charge < -0.3 is 19.5 Å². The first-order chi connectivity index (χ1) is 10.5. The average molecular weight is 307 g/mol. The van der Waals surface area contributed by atoms with Gasteiger partial charge in [-0.25, -0.2) is 0 Å². The molecule has 1 aliphatic rings. The summed E-state index contributed by atoms with van der Waals surface area (Å²) in [6.45, 7) is 3.05. The lowest BCUT2D eigenvalue weighted by Gasteiger charge is -2.34. The van der Waals surface area contributed by atoms with Crippen LogP contribution in [0.2, 0.25) is 0 Å². The van der Waals surface area contributed by atoms with E-state index >= 15 is 0 Å². The van der Waals surface area contributed by atoms with E-state index in [9.17, 15) is 9.59 Å². The zero-order valence-corrected chi connectivity index (χ0v) is 12.8. The van der Waals surface area contributed by atoms with Gasteiger partial charge in [0, 0.05) is 13.1 Å². The molecular formula is C16H21NO5. The van der Waals surface area contributed by atoms with Gasteiger partial charge in [0.25, 0.3) is 0 Å². The second-order valence-electron chi connectivity index (χ2n) is 5.37. The SMILES string of the molecule is COc1ccc([C@@H](C)C(=O)N2CCO[C@H](CC(=O)O)C2)cc1. The van der Waals surface area contributed by atoms with Crippen molar-refractivity contribution in [3.05, 3.63) is 29.8 Å². The number of carbonyl (C=O) groups is 2. The van der Waals surface area contributed by atoms with Crippen LogP contribution in [0.4, 0.5) is 0 Å². The molecule has 0 aromatic heterocycles. The van der Waals surface area contributed by atoms with Crippen LogP contribution in [0.3, 0.4) is 0 Å². The molecule has 0 spiro atoms. The van der Waals surface area contributed by atoms with Gasteiger partial charge in [0.2, 0.25) is 5.91 Å². The molecule has 0 unspecified atom stereocenters. The number of rotatable bonds is 5. The van der Waals surface area contributed by atoms with Crippen molar-refractivity contribution in [2.75, 3.05) is 26.8 Å². The summed E-state index contributed by atoms with van der Waals surface area (Å²) in [5.41, 5.74) is 0.909. The topological polar surface area (TPSA) is 76.1 Å². The van der Waals surface area contributed by atoms with Gasteiger partial charge >= 0.3 is 5.97 Å². The molecule has 1 aromatic carbocycles. The predicted molar refractivity (Wildman–Crippen MR) is 80.0 cm³/mol. The maximum absolute atomic E-state index is 12.6. The number of carboxylic acids is 1. The zero-order valence-electron chi connectivity index (χ0n) is 12.8. The second kappa shape index (κ2) is 7.26. The molecule has 6 nitrogen and oxygen atoms in total. The van der Waals surface area contributed by atoms with Crippen LogP contribution in [0.5, 0.6) is 5.75 Å². The standard InChI is InChI=1S/C16H21NO5/c1-11(12-3-5-13(21-2)6-4-12)16(20)17-7-8-22-14(10-17)9-15(18)19/h3-6,11,14H,7-10H2,1-2H3,(H,18,19)/t11-,14-/m1/s1. The van der Waals surface area contributed by atoms with E-state index in [1.165, 1.54) is 0 Å². The lowest BCUT2D eigenvalue weighted by atomic mass is 9.99. The van der Waals surface area contributed by atoms with Crippen LogP contribution in [-0.2, 0) is 14.3 Å². The van der Waals surface area contributed by atoms with E-state index in [0.29, 0.717) is 19.7 Å². The van der Waals surface area contributed by atoms with E-state index in [2.05, 4.69) is 0 Å². The van der Waals surface area contributed by atoms with Crippen molar-refractivity contribution in [2.45, 2.75) is 25.4 Å². The van der Waals surface area contributed by atoms with Crippen LogP contribution in [0.15, 0.2) is 24.3 Å². The van der Waals surface area contributed by atoms with Gasteiger partial charge in [-0.15, -0.1) is 0 Å². The van der Waals surface area contributed by atoms with E-state index in [0.717, 1.165) is 11.3 Å². The van der Waals surface area contributed by atoms with Gasteiger partial charge in [0.1, 0.15) is 5.75 Å². The first kappa shape index (κ1) is 16.3. The number of methoxy groups -OCH3 is 1. The molecule has 1 aliphatic heterocycles. The number of nitrogens with zero attached hydrogens (tertiary/aromatic N) is 1. The summed E-state index contributed by atoms with van der Waals surface area (Å²) >= 11 is 0. The van der Waals surface area contributed by atoms with Crippen molar-refractivity contribution in [3.8, 4) is 5.75 Å². The monoisotopic (exact) mass is 307 g/mol. The Labute approximate surface area is 129 Å². The highest BCUT2D eigenvalue weighted by molar-refractivity contribution is 5.83. The zero-order chi connectivity index (χ0) is 16.1. The highest BCUT2D eigenvalue weighted by Gasteiger charge is 2.29. The highest BCUT2D eigenvalue weighted by Crippen LogP contribution is 2.22. The summed E-state index contributed by atoms with van der Waals surface area (Å²) < 4.78 is 10.5. The molecule has 6 heteroatoms. The lowest BCUT2D eigenvalue weighted by Crippen LogP contribution is -2.47.